The average molecular weight is 375 g/mol. The molecule has 7 heteroatoms. The smallest absolute Gasteiger partial charge is 0.283 e. The van der Waals surface area contributed by atoms with Gasteiger partial charge in [0.1, 0.15) is 5.75 Å². The van der Waals surface area contributed by atoms with Crippen LogP contribution in [0.15, 0.2) is 75.8 Å². The zero-order valence-electron chi connectivity index (χ0n) is 15.1. The number of nitrogens with zero attached hydrogens (tertiary/aromatic N) is 2. The number of anilines is 1. The molecule has 1 amide bonds. The Kier molecular flexibility index (Phi) is 4.88. The molecule has 0 unspecified atom stereocenters. The van der Waals surface area contributed by atoms with Crippen LogP contribution in [0.5, 0.6) is 5.75 Å². The lowest BCUT2D eigenvalue weighted by Gasteiger charge is -2.10. The van der Waals surface area contributed by atoms with Crippen LogP contribution in [0, 0.1) is 0 Å². The Bertz CT molecular complexity index is 1070. The Balaban J connectivity index is 1.49. The van der Waals surface area contributed by atoms with Crippen LogP contribution < -0.4 is 10.1 Å². The number of nitrogens with one attached hydrogen (secondary N) is 1. The van der Waals surface area contributed by atoms with Crippen molar-refractivity contribution in [1.29, 1.82) is 0 Å². The molecule has 2 aromatic carbocycles. The number of carbonyl (C=O) groups excluding carboxylic acids is 1. The van der Waals surface area contributed by atoms with E-state index in [4.69, 9.17) is 13.6 Å². The van der Waals surface area contributed by atoms with Crippen LogP contribution in [-0.2, 0) is 0 Å². The van der Waals surface area contributed by atoms with Gasteiger partial charge in [-0.25, -0.2) is 0 Å². The van der Waals surface area contributed by atoms with Gasteiger partial charge in [0.2, 0.25) is 5.89 Å². The van der Waals surface area contributed by atoms with Crippen molar-refractivity contribution in [1.82, 2.24) is 10.2 Å². The first-order valence-electron chi connectivity index (χ1n) is 8.75. The summed E-state index contributed by atoms with van der Waals surface area (Å²) >= 11 is 0. The van der Waals surface area contributed by atoms with E-state index in [9.17, 15) is 4.79 Å². The summed E-state index contributed by atoms with van der Waals surface area (Å²) in [6.45, 7) is 2.37. The molecule has 4 rings (SSSR count). The van der Waals surface area contributed by atoms with E-state index >= 15 is 0 Å². The number of benzene rings is 2. The van der Waals surface area contributed by atoms with Crippen molar-refractivity contribution in [3.63, 3.8) is 0 Å². The average Bonchev–Trinajstić information content (AvgIpc) is 3.41. The molecule has 0 aliphatic carbocycles. The molecule has 0 saturated heterocycles. The van der Waals surface area contributed by atoms with Gasteiger partial charge in [0.15, 0.2) is 5.76 Å². The van der Waals surface area contributed by atoms with Crippen LogP contribution in [0.4, 0.5) is 5.69 Å². The lowest BCUT2D eigenvalue weighted by atomic mass is 10.1. The highest BCUT2D eigenvalue weighted by molar-refractivity contribution is 6.06. The lowest BCUT2D eigenvalue weighted by Crippen LogP contribution is -2.13. The van der Waals surface area contributed by atoms with E-state index in [1.165, 1.54) is 0 Å². The van der Waals surface area contributed by atoms with Gasteiger partial charge in [-0.1, -0.05) is 12.1 Å². The normalized spacial score (nSPS) is 10.6. The summed E-state index contributed by atoms with van der Waals surface area (Å²) in [7, 11) is 0. The van der Waals surface area contributed by atoms with Crippen molar-refractivity contribution < 1.29 is 18.4 Å². The van der Waals surface area contributed by atoms with E-state index in [0.29, 0.717) is 41.1 Å². The SMILES string of the molecule is CCOc1ccccc1C(=O)Nc1ccc(-c2nnc(-c3ccco3)o2)cc1. The van der Waals surface area contributed by atoms with Crippen LogP contribution in [0.1, 0.15) is 17.3 Å². The van der Waals surface area contributed by atoms with E-state index in [2.05, 4.69) is 15.5 Å². The highest BCUT2D eigenvalue weighted by Crippen LogP contribution is 2.25. The first-order valence-corrected chi connectivity index (χ1v) is 8.75. The fourth-order valence-corrected chi connectivity index (χ4v) is 2.67. The molecule has 0 spiro atoms. The minimum atomic E-state index is -0.241. The van der Waals surface area contributed by atoms with Gasteiger partial charge in [-0.3, -0.25) is 4.79 Å². The van der Waals surface area contributed by atoms with Crippen molar-refractivity contribution in [2.75, 3.05) is 11.9 Å². The Labute approximate surface area is 161 Å². The van der Waals surface area contributed by atoms with E-state index in [1.54, 1.807) is 60.9 Å². The summed E-state index contributed by atoms with van der Waals surface area (Å²) in [5.74, 6) is 1.50. The standard InChI is InChI=1S/C21H17N3O4/c1-2-26-17-7-4-3-6-16(17)19(25)22-15-11-9-14(10-12-15)20-23-24-21(28-20)18-8-5-13-27-18/h3-13H,2H2,1H3,(H,22,25). The Hall–Kier alpha value is -3.87. The third kappa shape index (κ3) is 3.64. The highest BCUT2D eigenvalue weighted by Gasteiger charge is 2.14. The Morgan fingerprint density at radius 1 is 1.00 bits per heavy atom. The number of aromatic nitrogens is 2. The molecule has 140 valence electrons. The molecule has 2 aromatic heterocycles. The van der Waals surface area contributed by atoms with Crippen LogP contribution in [0.25, 0.3) is 23.1 Å². The minimum absolute atomic E-state index is 0.241. The largest absolute Gasteiger partial charge is 0.493 e. The second-order valence-electron chi connectivity index (χ2n) is 5.85. The second kappa shape index (κ2) is 7.79. The molecule has 0 aliphatic heterocycles. The lowest BCUT2D eigenvalue weighted by molar-refractivity contribution is 0.102. The van der Waals surface area contributed by atoms with Gasteiger partial charge in [-0.05, 0) is 55.5 Å². The molecule has 0 atom stereocenters. The summed E-state index contributed by atoms with van der Waals surface area (Å²) in [4.78, 5) is 12.6. The summed E-state index contributed by atoms with van der Waals surface area (Å²) in [6, 6.07) is 17.8. The van der Waals surface area contributed by atoms with Gasteiger partial charge in [-0.2, -0.15) is 0 Å². The van der Waals surface area contributed by atoms with Gasteiger partial charge in [-0.15, -0.1) is 10.2 Å². The van der Waals surface area contributed by atoms with Crippen molar-refractivity contribution in [2.45, 2.75) is 6.92 Å². The van der Waals surface area contributed by atoms with Gasteiger partial charge < -0.3 is 18.9 Å². The van der Waals surface area contributed by atoms with Gasteiger partial charge in [0, 0.05) is 11.3 Å². The van der Waals surface area contributed by atoms with Crippen LogP contribution in [0.2, 0.25) is 0 Å². The van der Waals surface area contributed by atoms with Gasteiger partial charge in [0.05, 0.1) is 18.4 Å². The zero-order valence-corrected chi connectivity index (χ0v) is 15.1. The molecule has 0 fully saturated rings. The maximum Gasteiger partial charge on any atom is 0.283 e. The number of furan rings is 1. The van der Waals surface area contributed by atoms with E-state index < -0.39 is 0 Å². The monoisotopic (exact) mass is 375 g/mol. The molecular formula is C21H17N3O4. The molecule has 1 N–H and O–H groups in total. The molecule has 2 heterocycles. The van der Waals surface area contributed by atoms with Crippen molar-refractivity contribution in [2.24, 2.45) is 0 Å². The number of carbonyl (C=O) groups is 1. The summed E-state index contributed by atoms with van der Waals surface area (Å²) in [5, 5.41) is 10.9. The molecule has 4 aromatic rings. The topological polar surface area (TPSA) is 90.4 Å². The van der Waals surface area contributed by atoms with E-state index in [1.807, 2.05) is 13.0 Å². The number of amides is 1. The molecule has 0 radical (unpaired) electrons. The third-order valence-corrected chi connectivity index (χ3v) is 3.98. The van der Waals surface area contributed by atoms with Crippen LogP contribution >= 0.6 is 0 Å². The van der Waals surface area contributed by atoms with E-state index in [0.717, 1.165) is 5.56 Å². The quantitative estimate of drug-likeness (QED) is 0.528. The summed E-state index contributed by atoms with van der Waals surface area (Å²) < 4.78 is 16.4. The fourth-order valence-electron chi connectivity index (χ4n) is 2.67. The van der Waals surface area contributed by atoms with Crippen LogP contribution in [0.3, 0.4) is 0 Å². The minimum Gasteiger partial charge on any atom is -0.493 e. The highest BCUT2D eigenvalue weighted by atomic mass is 16.5. The number of rotatable bonds is 6. The number of para-hydroxylation sites is 1. The van der Waals surface area contributed by atoms with E-state index in [-0.39, 0.29) is 5.91 Å². The third-order valence-electron chi connectivity index (χ3n) is 3.98. The van der Waals surface area contributed by atoms with Crippen LogP contribution in [-0.4, -0.2) is 22.7 Å². The molecule has 0 aliphatic rings. The molecule has 0 bridgehead atoms. The van der Waals surface area contributed by atoms with Crippen molar-refractivity contribution in [3.05, 3.63) is 72.5 Å². The number of hydrogen-bond donors (Lipinski definition) is 1. The molecule has 28 heavy (non-hydrogen) atoms. The maximum atomic E-state index is 12.6. The van der Waals surface area contributed by atoms with Gasteiger partial charge >= 0.3 is 0 Å². The second-order valence-corrected chi connectivity index (χ2v) is 5.85. The zero-order chi connectivity index (χ0) is 19.3. The summed E-state index contributed by atoms with van der Waals surface area (Å²) in [6.07, 6.45) is 1.54. The first-order chi connectivity index (χ1) is 13.7. The predicted molar refractivity (Wildman–Crippen MR) is 103 cm³/mol. The molecule has 0 saturated carbocycles. The summed E-state index contributed by atoms with van der Waals surface area (Å²) in [5.41, 5.74) is 1.86. The number of hydrogen-bond acceptors (Lipinski definition) is 6. The van der Waals surface area contributed by atoms with Gasteiger partial charge in [0.25, 0.3) is 11.8 Å². The van der Waals surface area contributed by atoms with Crippen molar-refractivity contribution in [3.8, 4) is 28.9 Å². The van der Waals surface area contributed by atoms with Crippen molar-refractivity contribution >= 4 is 11.6 Å². The fraction of sp³-hybridized carbons (Fsp3) is 0.0952. The Morgan fingerprint density at radius 2 is 1.79 bits per heavy atom. The maximum absolute atomic E-state index is 12.6. The molecule has 7 nitrogen and oxygen atoms in total. The first kappa shape index (κ1) is 17.5. The molecular weight excluding hydrogens is 358 g/mol. The predicted octanol–water partition coefficient (Wildman–Crippen LogP) is 4.65. The number of ether oxygens (including phenoxy) is 1. The Morgan fingerprint density at radius 3 is 2.54 bits per heavy atom.